The van der Waals surface area contributed by atoms with Gasteiger partial charge in [-0.05, 0) is 129 Å². The van der Waals surface area contributed by atoms with Crippen molar-refractivity contribution in [1.29, 1.82) is 0 Å². The first-order chi connectivity index (χ1) is 35.2. The van der Waals surface area contributed by atoms with Crippen molar-refractivity contribution in [3.8, 4) is 0 Å². The molecule has 5 aliphatic rings. The van der Waals surface area contributed by atoms with E-state index >= 15 is 0 Å². The lowest BCUT2D eigenvalue weighted by atomic mass is 9.96. The molecule has 17 nitrogen and oxygen atoms in total. The van der Waals surface area contributed by atoms with Crippen molar-refractivity contribution < 1.29 is 47.8 Å². The van der Waals surface area contributed by atoms with Crippen LogP contribution in [0.4, 0.5) is 4.79 Å². The normalized spacial score (nSPS) is 27.1. The van der Waals surface area contributed by atoms with Gasteiger partial charge in [-0.15, -0.1) is 0 Å². The Kier molecular flexibility index (Phi) is 19.3. The molecule has 2 aromatic rings. The van der Waals surface area contributed by atoms with Crippen LogP contribution in [0.5, 0.6) is 0 Å². The van der Waals surface area contributed by atoms with Crippen molar-refractivity contribution in [2.24, 2.45) is 29.6 Å². The molecule has 7 N–H and O–H groups in total. The molecule has 0 aromatic heterocycles. The average Bonchev–Trinajstić information content (AvgIpc) is 4.20. The van der Waals surface area contributed by atoms with E-state index in [9.17, 15) is 38.4 Å². The first-order valence-corrected chi connectivity index (χ1v) is 27.8. The van der Waals surface area contributed by atoms with Gasteiger partial charge < -0.3 is 46.7 Å². The Morgan fingerprint density at radius 1 is 0.527 bits per heavy atom. The summed E-state index contributed by atoms with van der Waals surface area (Å²) in [6.45, 7) is 8.63. The van der Waals surface area contributed by atoms with Gasteiger partial charge in [0.2, 0.25) is 35.4 Å². The van der Waals surface area contributed by atoms with Gasteiger partial charge in [0.1, 0.15) is 17.7 Å². The molecule has 7 amide bonds. The molecule has 5 fully saturated rings. The molecular weight excluding hydrogens is 1010 g/mol. The van der Waals surface area contributed by atoms with Gasteiger partial charge in [0.15, 0.2) is 0 Å². The number of hydrogen-bond donors (Lipinski definition) is 7. The predicted octanol–water partition coefficient (Wildman–Crippen LogP) is 6.34. The van der Waals surface area contributed by atoms with Crippen molar-refractivity contribution in [2.45, 2.75) is 198 Å². The van der Waals surface area contributed by atoms with Crippen LogP contribution in [0.15, 0.2) is 59.1 Å². The van der Waals surface area contributed by atoms with Crippen molar-refractivity contribution in [2.75, 3.05) is 0 Å². The van der Waals surface area contributed by atoms with Gasteiger partial charge in [0, 0.05) is 47.1 Å². The molecule has 0 spiro atoms. The summed E-state index contributed by atoms with van der Waals surface area (Å²) >= 11 is 3.40. The van der Waals surface area contributed by atoms with Crippen LogP contribution in [0.3, 0.4) is 0 Å². The lowest BCUT2D eigenvalue weighted by Crippen LogP contribution is -2.55. The van der Waals surface area contributed by atoms with E-state index in [-0.39, 0.29) is 60.6 Å². The number of alkyl carbamates (subject to hydrolysis) is 1. The largest absolute Gasteiger partial charge is 0.459 e. The number of carbonyl (C=O) groups excluding carboxylic acids is 8. The Labute approximate surface area is 444 Å². The zero-order chi connectivity index (χ0) is 53.2. The van der Waals surface area contributed by atoms with E-state index in [1.54, 1.807) is 34.6 Å². The highest BCUT2D eigenvalue weighted by molar-refractivity contribution is 9.10. The molecule has 5 saturated carbocycles. The molecule has 74 heavy (non-hydrogen) atoms. The Morgan fingerprint density at radius 3 is 1.43 bits per heavy atom. The number of esters is 1. The summed E-state index contributed by atoms with van der Waals surface area (Å²) in [5, 5.41) is 21.5. The SMILES string of the molecule is CC(C)(C)OC(=O)N[C@H]1CCC[C@@H]1C(=O)N[C@H]1CCC[C@@H]1C(=O)N[C@H]1CCC[C@@H]1C(=O)N[C@H](CC(=O)N[C@H]1CCC[C@@H]1C(=O)N[C@H]1CCC[C@@H]1C(=O)NC(C)(C)C(=O)OCc1ccc(Br)cc1)Cc1ccccc1. The Bertz CT molecular complexity index is 2330. The van der Waals surface area contributed by atoms with Gasteiger partial charge in [-0.25, -0.2) is 9.59 Å². The van der Waals surface area contributed by atoms with E-state index in [0.29, 0.717) is 70.6 Å². The third kappa shape index (κ3) is 15.5. The minimum Gasteiger partial charge on any atom is -0.459 e. The lowest BCUT2D eigenvalue weighted by Gasteiger charge is -2.29. The summed E-state index contributed by atoms with van der Waals surface area (Å²) in [6, 6.07) is 14.4. The van der Waals surface area contributed by atoms with Crippen LogP contribution in [-0.2, 0) is 56.1 Å². The Hall–Kier alpha value is -5.52. The van der Waals surface area contributed by atoms with E-state index in [1.807, 2.05) is 54.6 Å². The van der Waals surface area contributed by atoms with E-state index in [1.165, 1.54) is 0 Å². The summed E-state index contributed by atoms with van der Waals surface area (Å²) in [4.78, 5) is 109. The molecule has 7 rings (SSSR count). The van der Waals surface area contributed by atoms with E-state index in [4.69, 9.17) is 9.47 Å². The third-order valence-corrected chi connectivity index (χ3v) is 16.2. The summed E-state index contributed by atoms with van der Waals surface area (Å²) in [5.74, 6) is -4.48. The van der Waals surface area contributed by atoms with E-state index in [2.05, 4.69) is 53.1 Å². The second kappa shape index (κ2) is 25.3. The molecule has 0 radical (unpaired) electrons. The molecule has 404 valence electrons. The maximum atomic E-state index is 14.2. The number of halogens is 1. The summed E-state index contributed by atoms with van der Waals surface area (Å²) in [7, 11) is 0. The number of hydrogen-bond acceptors (Lipinski definition) is 10. The minimum absolute atomic E-state index is 0.0277. The summed E-state index contributed by atoms with van der Waals surface area (Å²) in [5.41, 5.74) is -0.215. The van der Waals surface area contributed by atoms with Crippen LogP contribution in [0, 0.1) is 29.6 Å². The summed E-state index contributed by atoms with van der Waals surface area (Å²) in [6.07, 6.45) is 9.63. The van der Waals surface area contributed by atoms with E-state index < -0.39 is 77.0 Å². The molecule has 18 heteroatoms. The van der Waals surface area contributed by atoms with Gasteiger partial charge >= 0.3 is 12.1 Å². The fourth-order valence-corrected chi connectivity index (χ4v) is 12.1. The Balaban J connectivity index is 0.904. The lowest BCUT2D eigenvalue weighted by molar-refractivity contribution is -0.154. The molecular formula is C56H78BrN7O10. The van der Waals surface area contributed by atoms with Crippen LogP contribution in [0.2, 0.25) is 0 Å². The van der Waals surface area contributed by atoms with Crippen LogP contribution in [0.25, 0.3) is 0 Å². The van der Waals surface area contributed by atoms with Gasteiger partial charge in [-0.3, -0.25) is 28.8 Å². The van der Waals surface area contributed by atoms with Gasteiger partial charge in [-0.2, -0.15) is 0 Å². The number of carbonyl (C=O) groups is 8. The second-order valence-electron chi connectivity index (χ2n) is 22.9. The van der Waals surface area contributed by atoms with E-state index in [0.717, 1.165) is 47.7 Å². The molecule has 0 unspecified atom stereocenters. The molecule has 5 aliphatic carbocycles. The second-order valence-corrected chi connectivity index (χ2v) is 23.8. The molecule has 0 saturated heterocycles. The molecule has 11 atom stereocenters. The average molecular weight is 1090 g/mol. The van der Waals surface area contributed by atoms with Crippen molar-refractivity contribution in [3.63, 3.8) is 0 Å². The first kappa shape index (κ1) is 56.2. The predicted molar refractivity (Wildman–Crippen MR) is 280 cm³/mol. The number of nitrogens with one attached hydrogen (secondary N) is 7. The monoisotopic (exact) mass is 1090 g/mol. The fourth-order valence-electron chi connectivity index (χ4n) is 11.8. The number of benzene rings is 2. The zero-order valence-corrected chi connectivity index (χ0v) is 45.3. The van der Waals surface area contributed by atoms with Crippen molar-refractivity contribution >= 4 is 63.4 Å². The van der Waals surface area contributed by atoms with Crippen molar-refractivity contribution in [3.05, 3.63) is 70.2 Å². The highest BCUT2D eigenvalue weighted by Crippen LogP contribution is 2.34. The minimum atomic E-state index is -1.30. The molecule has 0 aliphatic heterocycles. The fraction of sp³-hybridized carbons (Fsp3) is 0.643. The smallest absolute Gasteiger partial charge is 0.407 e. The number of rotatable bonds is 19. The van der Waals surface area contributed by atoms with Gasteiger partial charge in [0.05, 0.1) is 29.6 Å². The zero-order valence-electron chi connectivity index (χ0n) is 43.7. The quantitative estimate of drug-likeness (QED) is 0.0771. The Morgan fingerprint density at radius 2 is 0.959 bits per heavy atom. The maximum absolute atomic E-state index is 14.2. The van der Waals surface area contributed by atoms with Crippen molar-refractivity contribution in [1.82, 2.24) is 37.2 Å². The highest BCUT2D eigenvalue weighted by atomic mass is 79.9. The maximum Gasteiger partial charge on any atom is 0.407 e. The van der Waals surface area contributed by atoms with Crippen LogP contribution in [0.1, 0.15) is 148 Å². The molecule has 0 heterocycles. The standard InChI is InChI=1S/C56H78BrN7O10/c1-55(2,3)74-54(72)63-46-25-12-19-40(46)51(69)61-44-23-11-18-39(44)50(68)60-43-22-10-17-38(43)48(66)58-36(30-33-14-7-6-8-15-33)31-47(65)59-42-21-9-16-37(42)49(67)62-45-24-13-20-41(45)52(70)64-56(4,5)53(71)73-32-34-26-28-35(57)29-27-34/h6-8,14-15,26-29,36-46H,9-13,16-25,30-32H2,1-5H3,(H,58,66)(H,59,65)(H,60,68)(H,61,69)(H,62,67)(H,63,72)(H,64,70)/t36-,37-,38-,39-,40-,41-,42-,43-,44-,45-,46-/m0/s1. The van der Waals surface area contributed by atoms with Crippen LogP contribution < -0.4 is 37.2 Å². The van der Waals surface area contributed by atoms with Gasteiger partial charge in [-0.1, -0.05) is 90.5 Å². The number of ether oxygens (including phenoxy) is 2. The highest BCUT2D eigenvalue weighted by Gasteiger charge is 2.44. The summed E-state index contributed by atoms with van der Waals surface area (Å²) < 4.78 is 11.9. The molecule has 0 bridgehead atoms. The first-order valence-electron chi connectivity index (χ1n) is 27.0. The number of amides is 7. The molecule has 2 aromatic carbocycles. The van der Waals surface area contributed by atoms with Gasteiger partial charge in [0.25, 0.3) is 0 Å². The third-order valence-electron chi connectivity index (χ3n) is 15.6. The van der Waals surface area contributed by atoms with Crippen LogP contribution in [-0.4, -0.2) is 94.9 Å². The topological polar surface area (TPSA) is 239 Å². The van der Waals surface area contributed by atoms with Crippen LogP contribution >= 0.6 is 15.9 Å².